The Labute approximate surface area is 175 Å². The van der Waals surface area contributed by atoms with Crippen molar-refractivity contribution in [1.29, 1.82) is 0 Å². The number of hydrogen-bond acceptors (Lipinski definition) is 5. The molecule has 1 aliphatic rings. The Kier molecular flexibility index (Phi) is 5.66. The lowest BCUT2D eigenvalue weighted by molar-refractivity contribution is -0.142. The van der Waals surface area contributed by atoms with Crippen LogP contribution >= 0.6 is 0 Å². The highest BCUT2D eigenvalue weighted by atomic mass is 16.5. The molecule has 0 fully saturated rings. The Bertz CT molecular complexity index is 1040. The Morgan fingerprint density at radius 3 is 2.50 bits per heavy atom. The van der Waals surface area contributed by atoms with Gasteiger partial charge in [-0.05, 0) is 23.3 Å². The molecule has 1 aliphatic carbocycles. The van der Waals surface area contributed by atoms with Gasteiger partial charge in [-0.1, -0.05) is 66.8 Å². The van der Waals surface area contributed by atoms with Gasteiger partial charge in [-0.3, -0.25) is 5.10 Å². The summed E-state index contributed by atoms with van der Waals surface area (Å²) >= 11 is 0. The van der Waals surface area contributed by atoms with Crippen LogP contribution in [0.25, 0.3) is 11.1 Å². The van der Waals surface area contributed by atoms with Crippen molar-refractivity contribution in [3.8, 4) is 16.9 Å². The van der Waals surface area contributed by atoms with Gasteiger partial charge < -0.3 is 14.7 Å². The van der Waals surface area contributed by atoms with E-state index in [0.717, 1.165) is 22.5 Å². The maximum atomic E-state index is 12.9. The lowest BCUT2D eigenvalue weighted by Crippen LogP contribution is -2.48. The quantitative estimate of drug-likeness (QED) is 0.588. The molecule has 4 rings (SSSR count). The van der Waals surface area contributed by atoms with Crippen molar-refractivity contribution in [2.45, 2.75) is 18.5 Å². The first-order valence-electron chi connectivity index (χ1n) is 9.75. The van der Waals surface area contributed by atoms with Gasteiger partial charge in [-0.15, -0.1) is 0 Å². The molecule has 6 nitrogen and oxygen atoms in total. The topological polar surface area (TPSA) is 78.5 Å². The maximum absolute atomic E-state index is 12.9. The summed E-state index contributed by atoms with van der Waals surface area (Å²) < 4.78 is 5.18. The Morgan fingerprint density at radius 2 is 1.83 bits per heavy atom. The molecule has 0 radical (unpaired) electrons. The number of allylic oxidation sites excluding steroid dienone is 2. The fourth-order valence-electron chi connectivity index (χ4n) is 3.71. The summed E-state index contributed by atoms with van der Waals surface area (Å²) in [7, 11) is 1.40. The molecule has 1 atom stereocenters. The number of hydrogen-bond donors (Lipinski definition) is 2. The van der Waals surface area contributed by atoms with Crippen LogP contribution < -0.4 is 4.90 Å². The number of aromatic amines is 1. The monoisotopic (exact) mass is 401 g/mol. The molecule has 1 aromatic heterocycles. The average Bonchev–Trinajstić information content (AvgIpc) is 3.48. The van der Waals surface area contributed by atoms with Crippen molar-refractivity contribution in [2.24, 2.45) is 0 Å². The van der Waals surface area contributed by atoms with E-state index in [2.05, 4.69) is 10.2 Å². The van der Waals surface area contributed by atoms with E-state index in [0.29, 0.717) is 6.42 Å². The summed E-state index contributed by atoms with van der Waals surface area (Å²) in [6.45, 7) is 0. The molecule has 152 valence electrons. The molecule has 0 aliphatic heterocycles. The van der Waals surface area contributed by atoms with Crippen LogP contribution in [0.2, 0.25) is 0 Å². The van der Waals surface area contributed by atoms with Gasteiger partial charge in [0.1, 0.15) is 17.6 Å². The second-order valence-electron chi connectivity index (χ2n) is 7.08. The molecule has 0 saturated heterocycles. The highest BCUT2D eigenvalue weighted by Gasteiger charge is 2.34. The molecule has 0 spiro atoms. The van der Waals surface area contributed by atoms with Gasteiger partial charge in [0.25, 0.3) is 0 Å². The standard InChI is InChI=1S/C24H23N3O3/c1-30-24(29)22(15-17-11-13-20(28)14-12-17)27(19-9-5-6-10-19)23-21(16-25-26-23)18-7-3-2-4-8-18/h2-14,16,19,22,28H,15H2,1H3,(H,25,26)/t22-/m0/s1. The van der Waals surface area contributed by atoms with Gasteiger partial charge in [0.15, 0.2) is 0 Å². The lowest BCUT2D eigenvalue weighted by Gasteiger charge is -2.35. The van der Waals surface area contributed by atoms with Gasteiger partial charge in [-0.25, -0.2) is 4.79 Å². The first-order chi connectivity index (χ1) is 14.7. The minimum Gasteiger partial charge on any atom is -0.508 e. The summed E-state index contributed by atoms with van der Waals surface area (Å²) in [5, 5.41) is 17.0. The van der Waals surface area contributed by atoms with Crippen LogP contribution in [-0.4, -0.2) is 40.5 Å². The van der Waals surface area contributed by atoms with Crippen molar-refractivity contribution < 1.29 is 14.6 Å². The molecule has 6 heteroatoms. The summed E-state index contributed by atoms with van der Waals surface area (Å²) in [6.07, 6.45) is 10.2. The Balaban J connectivity index is 1.78. The number of ether oxygens (including phenoxy) is 1. The largest absolute Gasteiger partial charge is 0.508 e. The van der Waals surface area contributed by atoms with Crippen LogP contribution in [0.4, 0.5) is 5.82 Å². The third kappa shape index (κ3) is 3.98. The molecule has 2 aromatic carbocycles. The first kappa shape index (κ1) is 19.5. The molecule has 30 heavy (non-hydrogen) atoms. The summed E-state index contributed by atoms with van der Waals surface area (Å²) in [6, 6.07) is 16.1. The average molecular weight is 401 g/mol. The van der Waals surface area contributed by atoms with Crippen LogP contribution in [0.3, 0.4) is 0 Å². The van der Waals surface area contributed by atoms with E-state index in [9.17, 15) is 9.90 Å². The first-order valence-corrected chi connectivity index (χ1v) is 9.75. The number of esters is 1. The van der Waals surface area contributed by atoms with Crippen LogP contribution in [-0.2, 0) is 16.0 Å². The number of phenols is 1. The van der Waals surface area contributed by atoms with Crippen molar-refractivity contribution in [2.75, 3.05) is 12.0 Å². The van der Waals surface area contributed by atoms with Crippen LogP contribution in [0.1, 0.15) is 5.56 Å². The number of rotatable bonds is 7. The number of carbonyl (C=O) groups is 1. The number of H-pyrrole nitrogens is 1. The highest BCUT2D eigenvalue weighted by Crippen LogP contribution is 2.33. The fraction of sp³-hybridized carbons (Fsp3) is 0.167. The zero-order valence-corrected chi connectivity index (χ0v) is 16.6. The highest BCUT2D eigenvalue weighted by molar-refractivity contribution is 5.84. The van der Waals surface area contributed by atoms with Crippen molar-refractivity contribution in [1.82, 2.24) is 10.2 Å². The smallest absolute Gasteiger partial charge is 0.328 e. The second-order valence-corrected chi connectivity index (χ2v) is 7.08. The normalized spacial score (nSPS) is 14.0. The zero-order valence-electron chi connectivity index (χ0n) is 16.6. The molecular weight excluding hydrogens is 378 g/mol. The second kappa shape index (κ2) is 8.69. The number of anilines is 1. The number of methoxy groups -OCH3 is 1. The van der Waals surface area contributed by atoms with E-state index >= 15 is 0 Å². The number of phenolic OH excluding ortho intramolecular Hbond substituents is 1. The number of nitrogens with one attached hydrogen (secondary N) is 1. The third-order valence-corrected chi connectivity index (χ3v) is 5.19. The van der Waals surface area contributed by atoms with Crippen LogP contribution in [0, 0.1) is 0 Å². The van der Waals surface area contributed by atoms with Gasteiger partial charge >= 0.3 is 5.97 Å². The van der Waals surface area contributed by atoms with E-state index in [1.807, 2.05) is 71.7 Å². The van der Waals surface area contributed by atoms with E-state index in [1.54, 1.807) is 18.3 Å². The predicted octanol–water partition coefficient (Wildman–Crippen LogP) is 3.87. The molecule has 2 N–H and O–H groups in total. The Morgan fingerprint density at radius 1 is 1.13 bits per heavy atom. The SMILES string of the molecule is COC(=O)[C@H](Cc1ccc(O)cc1)N(c1[nH]ncc1-c1ccccc1)C1C=CC=C1. The maximum Gasteiger partial charge on any atom is 0.328 e. The number of carbonyl (C=O) groups excluding carboxylic acids is 1. The van der Waals surface area contributed by atoms with Crippen LogP contribution in [0.5, 0.6) is 5.75 Å². The van der Waals surface area contributed by atoms with Crippen LogP contribution in [0.15, 0.2) is 85.1 Å². The van der Waals surface area contributed by atoms with E-state index in [1.165, 1.54) is 7.11 Å². The minimum absolute atomic E-state index is 0.130. The molecule has 0 saturated carbocycles. The predicted molar refractivity (Wildman–Crippen MR) is 116 cm³/mol. The van der Waals surface area contributed by atoms with Crippen molar-refractivity contribution in [3.05, 3.63) is 90.7 Å². The van der Waals surface area contributed by atoms with E-state index < -0.39 is 6.04 Å². The van der Waals surface area contributed by atoms with Gasteiger partial charge in [0, 0.05) is 12.0 Å². The van der Waals surface area contributed by atoms with Gasteiger partial charge in [0.2, 0.25) is 0 Å². The minimum atomic E-state index is -0.597. The van der Waals surface area contributed by atoms with Crippen molar-refractivity contribution >= 4 is 11.8 Å². The molecule has 0 bridgehead atoms. The number of aromatic hydroxyl groups is 1. The van der Waals surface area contributed by atoms with Gasteiger partial charge in [0.05, 0.1) is 19.3 Å². The molecule has 3 aromatic rings. The molecule has 0 amide bonds. The van der Waals surface area contributed by atoms with E-state index in [-0.39, 0.29) is 17.8 Å². The van der Waals surface area contributed by atoms with Gasteiger partial charge in [-0.2, -0.15) is 5.10 Å². The summed E-state index contributed by atoms with van der Waals surface area (Å²) in [5.41, 5.74) is 2.83. The van der Waals surface area contributed by atoms with Crippen molar-refractivity contribution in [3.63, 3.8) is 0 Å². The summed E-state index contributed by atoms with van der Waals surface area (Å²) in [5.74, 6) is 0.591. The number of aromatic nitrogens is 2. The summed E-state index contributed by atoms with van der Waals surface area (Å²) in [4.78, 5) is 14.9. The lowest BCUT2D eigenvalue weighted by atomic mass is 10.0. The van der Waals surface area contributed by atoms with E-state index in [4.69, 9.17) is 4.74 Å². The fourth-order valence-corrected chi connectivity index (χ4v) is 3.71. The zero-order chi connectivity index (χ0) is 20.9. The Hall–Kier alpha value is -3.80. The number of benzene rings is 2. The molecule has 1 heterocycles. The molecular formula is C24H23N3O3. The number of nitrogens with zero attached hydrogens (tertiary/aromatic N) is 2. The third-order valence-electron chi connectivity index (χ3n) is 5.19. The molecule has 0 unspecified atom stereocenters.